The molecule has 2 aromatic rings. The molecule has 0 bridgehead atoms. The molecule has 1 amide bonds. The van der Waals surface area contributed by atoms with Gasteiger partial charge in [-0.2, -0.15) is 0 Å². The largest absolute Gasteiger partial charge is 0.384 e. The summed E-state index contributed by atoms with van der Waals surface area (Å²) in [4.78, 5) is 11.8. The average molecular weight is 270 g/mol. The second-order valence-corrected chi connectivity index (χ2v) is 4.14. The van der Waals surface area contributed by atoms with Crippen LogP contribution in [0.1, 0.15) is 27.2 Å². The summed E-state index contributed by atoms with van der Waals surface area (Å²) in [5.74, 6) is 5.67. The molecule has 5 nitrogen and oxygen atoms in total. The van der Waals surface area contributed by atoms with E-state index in [9.17, 15) is 4.79 Å². The SMILES string of the molecule is Cc1oncc1C(=O)NCc1ccc(C#CCO)cc1. The molecule has 0 saturated carbocycles. The van der Waals surface area contributed by atoms with Crippen molar-refractivity contribution in [3.63, 3.8) is 0 Å². The van der Waals surface area contributed by atoms with Crippen molar-refractivity contribution >= 4 is 5.91 Å². The lowest BCUT2D eigenvalue weighted by atomic mass is 10.1. The fourth-order valence-corrected chi connectivity index (χ4v) is 1.64. The number of aromatic nitrogens is 1. The van der Waals surface area contributed by atoms with Crippen molar-refractivity contribution in [2.75, 3.05) is 6.61 Å². The van der Waals surface area contributed by atoms with Crippen LogP contribution in [0.2, 0.25) is 0 Å². The predicted octanol–water partition coefficient (Wildman–Crippen LogP) is 1.26. The van der Waals surface area contributed by atoms with Gasteiger partial charge in [0.05, 0.1) is 6.20 Å². The molecular weight excluding hydrogens is 256 g/mol. The van der Waals surface area contributed by atoms with Crippen molar-refractivity contribution in [3.8, 4) is 11.8 Å². The number of rotatable bonds is 3. The van der Waals surface area contributed by atoms with E-state index in [1.807, 2.05) is 24.3 Å². The minimum Gasteiger partial charge on any atom is -0.384 e. The van der Waals surface area contributed by atoms with Crippen molar-refractivity contribution < 1.29 is 14.4 Å². The van der Waals surface area contributed by atoms with Gasteiger partial charge in [0.1, 0.15) is 17.9 Å². The number of nitrogens with one attached hydrogen (secondary N) is 1. The zero-order valence-electron chi connectivity index (χ0n) is 11.0. The summed E-state index contributed by atoms with van der Waals surface area (Å²) >= 11 is 0. The Hall–Kier alpha value is -2.58. The second-order valence-electron chi connectivity index (χ2n) is 4.14. The lowest BCUT2D eigenvalue weighted by molar-refractivity contribution is 0.0949. The zero-order valence-corrected chi connectivity index (χ0v) is 11.0. The maximum Gasteiger partial charge on any atom is 0.256 e. The third-order valence-corrected chi connectivity index (χ3v) is 2.71. The van der Waals surface area contributed by atoms with Crippen molar-refractivity contribution in [2.24, 2.45) is 0 Å². The summed E-state index contributed by atoms with van der Waals surface area (Å²) in [6, 6.07) is 7.44. The normalized spacial score (nSPS) is 9.70. The van der Waals surface area contributed by atoms with E-state index in [4.69, 9.17) is 9.63 Å². The molecule has 2 rings (SSSR count). The molecule has 0 radical (unpaired) electrons. The van der Waals surface area contributed by atoms with E-state index < -0.39 is 0 Å². The van der Waals surface area contributed by atoms with Gasteiger partial charge >= 0.3 is 0 Å². The summed E-state index contributed by atoms with van der Waals surface area (Å²) in [7, 11) is 0. The van der Waals surface area contributed by atoms with Crippen LogP contribution in [0, 0.1) is 18.8 Å². The lowest BCUT2D eigenvalue weighted by Gasteiger charge is -2.04. The number of benzene rings is 1. The van der Waals surface area contributed by atoms with Crippen molar-refractivity contribution in [3.05, 3.63) is 52.9 Å². The topological polar surface area (TPSA) is 75.4 Å². The molecule has 0 aliphatic carbocycles. The van der Waals surface area contributed by atoms with E-state index in [-0.39, 0.29) is 12.5 Å². The van der Waals surface area contributed by atoms with E-state index in [0.29, 0.717) is 17.9 Å². The molecule has 0 atom stereocenters. The Labute approximate surface area is 116 Å². The highest BCUT2D eigenvalue weighted by Crippen LogP contribution is 2.07. The number of aliphatic hydroxyl groups excluding tert-OH is 1. The van der Waals surface area contributed by atoms with Gasteiger partial charge in [-0.15, -0.1) is 0 Å². The fraction of sp³-hybridized carbons (Fsp3) is 0.200. The number of carbonyl (C=O) groups is 1. The molecule has 0 aliphatic rings. The number of amides is 1. The minimum absolute atomic E-state index is 0.157. The second kappa shape index (κ2) is 6.55. The highest BCUT2D eigenvalue weighted by Gasteiger charge is 2.11. The first-order chi connectivity index (χ1) is 9.70. The van der Waals surface area contributed by atoms with E-state index in [1.54, 1.807) is 6.92 Å². The van der Waals surface area contributed by atoms with Gasteiger partial charge in [0.25, 0.3) is 5.91 Å². The third kappa shape index (κ3) is 3.46. The summed E-state index contributed by atoms with van der Waals surface area (Å²) in [5.41, 5.74) is 2.22. The fourth-order valence-electron chi connectivity index (χ4n) is 1.64. The monoisotopic (exact) mass is 270 g/mol. The summed E-state index contributed by atoms with van der Waals surface area (Å²) in [6.07, 6.45) is 1.40. The Morgan fingerprint density at radius 3 is 2.75 bits per heavy atom. The van der Waals surface area contributed by atoms with Gasteiger partial charge in [-0.05, 0) is 24.6 Å². The van der Waals surface area contributed by atoms with Gasteiger partial charge in [0.2, 0.25) is 0 Å². The van der Waals surface area contributed by atoms with Crippen LogP contribution in [0.5, 0.6) is 0 Å². The van der Waals surface area contributed by atoms with Gasteiger partial charge in [0, 0.05) is 12.1 Å². The highest BCUT2D eigenvalue weighted by molar-refractivity contribution is 5.94. The standard InChI is InChI=1S/C15H14N2O3/c1-11-14(10-17-20-11)15(19)16-9-13-6-4-12(5-7-13)3-2-8-18/h4-7,10,18H,8-9H2,1H3,(H,16,19). The van der Waals surface area contributed by atoms with Gasteiger partial charge in [-0.25, -0.2) is 0 Å². The molecule has 0 aliphatic heterocycles. The van der Waals surface area contributed by atoms with Crippen LogP contribution in [0.25, 0.3) is 0 Å². The Bertz CT molecular complexity index is 648. The Balaban J connectivity index is 1.94. The number of aliphatic hydroxyl groups is 1. The van der Waals surface area contributed by atoms with Crippen molar-refractivity contribution in [1.29, 1.82) is 0 Å². The molecule has 2 N–H and O–H groups in total. The van der Waals surface area contributed by atoms with E-state index in [2.05, 4.69) is 22.3 Å². The van der Waals surface area contributed by atoms with E-state index in [1.165, 1.54) is 6.20 Å². The van der Waals surface area contributed by atoms with Crippen LogP contribution in [0.3, 0.4) is 0 Å². The van der Waals surface area contributed by atoms with Gasteiger partial charge in [0.15, 0.2) is 0 Å². The summed E-state index contributed by atoms with van der Waals surface area (Å²) in [6.45, 7) is 1.95. The first-order valence-corrected chi connectivity index (χ1v) is 6.09. The minimum atomic E-state index is -0.215. The maximum absolute atomic E-state index is 11.8. The van der Waals surface area contributed by atoms with Gasteiger partial charge in [-0.3, -0.25) is 4.79 Å². The molecule has 1 aromatic carbocycles. The number of nitrogens with zero attached hydrogens (tertiary/aromatic N) is 1. The molecule has 1 aromatic heterocycles. The number of carbonyl (C=O) groups excluding carboxylic acids is 1. The van der Waals surface area contributed by atoms with Crippen LogP contribution in [0.4, 0.5) is 0 Å². The first kappa shape index (κ1) is 13.8. The number of hydrogen-bond acceptors (Lipinski definition) is 4. The molecule has 0 unspecified atom stereocenters. The lowest BCUT2D eigenvalue weighted by Crippen LogP contribution is -2.22. The quantitative estimate of drug-likeness (QED) is 0.823. The summed E-state index contributed by atoms with van der Waals surface area (Å²) < 4.78 is 4.84. The Morgan fingerprint density at radius 2 is 2.15 bits per heavy atom. The van der Waals surface area contributed by atoms with Crippen LogP contribution >= 0.6 is 0 Å². The van der Waals surface area contributed by atoms with Crippen molar-refractivity contribution in [2.45, 2.75) is 13.5 Å². The Kier molecular flexibility index (Phi) is 4.53. The maximum atomic E-state index is 11.8. The number of hydrogen-bond donors (Lipinski definition) is 2. The van der Waals surface area contributed by atoms with Crippen LogP contribution in [-0.2, 0) is 6.54 Å². The van der Waals surface area contributed by atoms with E-state index in [0.717, 1.165) is 11.1 Å². The molecule has 0 saturated heterocycles. The molecule has 20 heavy (non-hydrogen) atoms. The van der Waals surface area contributed by atoms with Gasteiger partial charge < -0.3 is 14.9 Å². The summed E-state index contributed by atoms with van der Waals surface area (Å²) in [5, 5.41) is 15.0. The number of aryl methyl sites for hydroxylation is 1. The highest BCUT2D eigenvalue weighted by atomic mass is 16.5. The smallest absolute Gasteiger partial charge is 0.256 e. The molecule has 0 spiro atoms. The molecule has 102 valence electrons. The molecule has 0 fully saturated rings. The van der Waals surface area contributed by atoms with Crippen molar-refractivity contribution in [1.82, 2.24) is 10.5 Å². The Morgan fingerprint density at radius 1 is 1.40 bits per heavy atom. The average Bonchev–Trinajstić information content (AvgIpc) is 2.90. The van der Waals surface area contributed by atoms with Gasteiger partial charge in [-0.1, -0.05) is 29.1 Å². The van der Waals surface area contributed by atoms with Crippen LogP contribution < -0.4 is 5.32 Å². The van der Waals surface area contributed by atoms with E-state index >= 15 is 0 Å². The molecule has 1 heterocycles. The molecular formula is C15H14N2O3. The van der Waals surface area contributed by atoms with Crippen LogP contribution in [-0.4, -0.2) is 22.8 Å². The third-order valence-electron chi connectivity index (χ3n) is 2.71. The van der Waals surface area contributed by atoms with Crippen LogP contribution in [0.15, 0.2) is 35.0 Å². The molecule has 5 heteroatoms. The first-order valence-electron chi connectivity index (χ1n) is 6.09. The predicted molar refractivity (Wildman–Crippen MR) is 72.8 cm³/mol. The zero-order chi connectivity index (χ0) is 14.4.